The van der Waals surface area contributed by atoms with Gasteiger partial charge in [0, 0.05) is 19.3 Å². The molecule has 0 aliphatic heterocycles. The molecule has 0 fully saturated rings. The zero-order valence-corrected chi connectivity index (χ0v) is 11.5. The number of methoxy groups -OCH3 is 2. The Morgan fingerprint density at radius 2 is 2.15 bits per heavy atom. The van der Waals surface area contributed by atoms with Crippen LogP contribution in [0.5, 0.6) is 11.5 Å². The minimum Gasteiger partial charge on any atom is -0.497 e. The lowest BCUT2D eigenvalue weighted by Crippen LogP contribution is -2.08. The van der Waals surface area contributed by atoms with Gasteiger partial charge in [-0.25, -0.2) is 4.98 Å². The van der Waals surface area contributed by atoms with Crippen LogP contribution in [0.2, 0.25) is 0 Å². The molecule has 0 aliphatic rings. The Morgan fingerprint density at radius 1 is 1.35 bits per heavy atom. The summed E-state index contributed by atoms with van der Waals surface area (Å²) in [7, 11) is 3.07. The van der Waals surface area contributed by atoms with Crippen LogP contribution in [0.1, 0.15) is 16.1 Å². The fraction of sp³-hybridized carbons (Fsp3) is 0.286. The number of carbonyl (C=O) groups excluding carboxylic acids is 1. The molecule has 0 atom stereocenters. The highest BCUT2D eigenvalue weighted by Crippen LogP contribution is 2.25. The molecule has 2 rings (SSSR count). The molecular formula is C14H17N3O3. The van der Waals surface area contributed by atoms with E-state index in [4.69, 9.17) is 15.2 Å². The van der Waals surface area contributed by atoms with Gasteiger partial charge in [0.2, 0.25) is 5.78 Å². The average molecular weight is 275 g/mol. The molecule has 0 bridgehead atoms. The molecule has 1 heterocycles. The number of nitrogens with zero attached hydrogens (tertiary/aromatic N) is 2. The maximum absolute atomic E-state index is 12.5. The molecule has 0 spiro atoms. The van der Waals surface area contributed by atoms with Gasteiger partial charge in [-0.2, -0.15) is 0 Å². The van der Waals surface area contributed by atoms with Crippen LogP contribution in [0.25, 0.3) is 0 Å². The fourth-order valence-corrected chi connectivity index (χ4v) is 1.88. The summed E-state index contributed by atoms with van der Waals surface area (Å²) in [4.78, 5) is 16.6. The number of hydrogen-bond donors (Lipinski definition) is 1. The van der Waals surface area contributed by atoms with Crippen molar-refractivity contribution in [2.24, 2.45) is 5.73 Å². The summed E-state index contributed by atoms with van der Waals surface area (Å²) < 4.78 is 12.1. The third-order valence-electron chi connectivity index (χ3n) is 2.90. The highest BCUT2D eigenvalue weighted by atomic mass is 16.5. The number of nitrogens with two attached hydrogens (primary N) is 1. The molecule has 6 nitrogen and oxygen atoms in total. The quantitative estimate of drug-likeness (QED) is 0.798. The first-order valence-electron chi connectivity index (χ1n) is 6.18. The molecule has 106 valence electrons. The van der Waals surface area contributed by atoms with Gasteiger partial charge in [-0.3, -0.25) is 4.79 Å². The van der Waals surface area contributed by atoms with E-state index in [-0.39, 0.29) is 5.78 Å². The van der Waals surface area contributed by atoms with Crippen LogP contribution in [0.15, 0.2) is 30.7 Å². The fourth-order valence-electron chi connectivity index (χ4n) is 1.88. The van der Waals surface area contributed by atoms with Crippen molar-refractivity contribution >= 4 is 5.78 Å². The van der Waals surface area contributed by atoms with Crippen LogP contribution < -0.4 is 15.2 Å². The summed E-state index contributed by atoms with van der Waals surface area (Å²) in [6.07, 6.45) is 3.26. The first-order chi connectivity index (χ1) is 9.69. The van der Waals surface area contributed by atoms with E-state index in [2.05, 4.69) is 4.98 Å². The number of hydrogen-bond acceptors (Lipinski definition) is 5. The van der Waals surface area contributed by atoms with Crippen molar-refractivity contribution in [2.45, 2.75) is 6.54 Å². The van der Waals surface area contributed by atoms with Crippen LogP contribution in [-0.4, -0.2) is 36.1 Å². The van der Waals surface area contributed by atoms with E-state index >= 15 is 0 Å². The highest BCUT2D eigenvalue weighted by molar-refractivity contribution is 6.09. The Bertz CT molecular complexity index is 607. The third-order valence-corrected chi connectivity index (χ3v) is 2.90. The number of aromatic nitrogens is 2. The molecule has 0 saturated heterocycles. The van der Waals surface area contributed by atoms with Gasteiger partial charge in [0.25, 0.3) is 0 Å². The molecule has 0 amide bonds. The molecule has 0 unspecified atom stereocenters. The molecule has 2 aromatic rings. The Labute approximate surface area is 117 Å². The van der Waals surface area contributed by atoms with Crippen LogP contribution in [0.3, 0.4) is 0 Å². The topological polar surface area (TPSA) is 79.4 Å². The predicted octanol–water partition coefficient (Wildman–Crippen LogP) is 1.09. The maximum Gasteiger partial charge on any atom is 0.216 e. The number of ketones is 1. The van der Waals surface area contributed by atoms with Gasteiger partial charge >= 0.3 is 0 Å². The van der Waals surface area contributed by atoms with Gasteiger partial charge in [-0.05, 0) is 18.2 Å². The van der Waals surface area contributed by atoms with Gasteiger partial charge in [0.05, 0.1) is 26.1 Å². The van der Waals surface area contributed by atoms with E-state index in [1.54, 1.807) is 42.4 Å². The maximum atomic E-state index is 12.5. The van der Waals surface area contributed by atoms with Crippen LogP contribution >= 0.6 is 0 Å². The predicted molar refractivity (Wildman–Crippen MR) is 74.3 cm³/mol. The second kappa shape index (κ2) is 6.21. The second-order valence-corrected chi connectivity index (χ2v) is 4.18. The van der Waals surface area contributed by atoms with E-state index in [0.29, 0.717) is 35.8 Å². The van der Waals surface area contributed by atoms with Crippen molar-refractivity contribution in [3.8, 4) is 11.5 Å². The normalized spacial score (nSPS) is 10.3. The lowest BCUT2D eigenvalue weighted by atomic mass is 10.1. The molecule has 0 aliphatic carbocycles. The largest absolute Gasteiger partial charge is 0.497 e. The van der Waals surface area contributed by atoms with Gasteiger partial charge in [0.15, 0.2) is 0 Å². The van der Waals surface area contributed by atoms with E-state index in [1.807, 2.05) is 0 Å². The van der Waals surface area contributed by atoms with Crippen molar-refractivity contribution in [1.82, 2.24) is 9.55 Å². The number of rotatable bonds is 6. The molecule has 6 heteroatoms. The zero-order chi connectivity index (χ0) is 14.5. The van der Waals surface area contributed by atoms with Gasteiger partial charge in [-0.15, -0.1) is 0 Å². The van der Waals surface area contributed by atoms with Crippen molar-refractivity contribution in [3.63, 3.8) is 0 Å². The first-order valence-corrected chi connectivity index (χ1v) is 6.18. The van der Waals surface area contributed by atoms with E-state index in [0.717, 1.165) is 0 Å². The third kappa shape index (κ3) is 2.80. The molecular weight excluding hydrogens is 258 g/mol. The number of ether oxygens (including phenoxy) is 2. The minimum atomic E-state index is -0.212. The molecule has 1 aromatic carbocycles. The number of benzene rings is 1. The van der Waals surface area contributed by atoms with Crippen molar-refractivity contribution in [3.05, 3.63) is 42.0 Å². The Balaban J connectivity index is 2.35. The summed E-state index contributed by atoms with van der Waals surface area (Å²) in [5, 5.41) is 0. The molecule has 1 aromatic heterocycles. The summed E-state index contributed by atoms with van der Waals surface area (Å²) >= 11 is 0. The molecule has 0 radical (unpaired) electrons. The van der Waals surface area contributed by atoms with Crippen LogP contribution in [0, 0.1) is 0 Å². The second-order valence-electron chi connectivity index (χ2n) is 4.18. The van der Waals surface area contributed by atoms with Gasteiger partial charge in [0.1, 0.15) is 17.2 Å². The Morgan fingerprint density at radius 3 is 2.80 bits per heavy atom. The summed E-state index contributed by atoms with van der Waals surface area (Å²) in [5.74, 6) is 0.872. The smallest absolute Gasteiger partial charge is 0.216 e. The van der Waals surface area contributed by atoms with Crippen molar-refractivity contribution < 1.29 is 14.3 Å². The molecule has 0 saturated carbocycles. The number of imidazole rings is 1. The van der Waals surface area contributed by atoms with E-state index < -0.39 is 0 Å². The Kier molecular flexibility index (Phi) is 4.37. The lowest BCUT2D eigenvalue weighted by Gasteiger charge is -2.08. The lowest BCUT2D eigenvalue weighted by molar-refractivity contribution is 0.103. The van der Waals surface area contributed by atoms with E-state index in [1.165, 1.54) is 7.11 Å². The summed E-state index contributed by atoms with van der Waals surface area (Å²) in [6, 6.07) is 5.08. The number of carbonyl (C=O) groups is 1. The van der Waals surface area contributed by atoms with Crippen LogP contribution in [0.4, 0.5) is 0 Å². The standard InChI is InChI=1S/C14H17N3O3/c1-19-10-3-4-13(20-2)11(7-10)14(18)12-8-17(6-5-15)9-16-12/h3-4,7-9H,5-6,15H2,1-2H3. The highest BCUT2D eigenvalue weighted by Gasteiger charge is 2.17. The minimum absolute atomic E-state index is 0.212. The first kappa shape index (κ1) is 14.1. The average Bonchev–Trinajstić information content (AvgIpc) is 2.94. The van der Waals surface area contributed by atoms with Crippen molar-refractivity contribution in [2.75, 3.05) is 20.8 Å². The SMILES string of the molecule is COc1ccc(OC)c(C(=O)c2cn(CCN)cn2)c1. The van der Waals surface area contributed by atoms with Crippen molar-refractivity contribution in [1.29, 1.82) is 0 Å². The summed E-state index contributed by atoms with van der Waals surface area (Å²) in [5.41, 5.74) is 6.24. The van der Waals surface area contributed by atoms with Gasteiger partial charge < -0.3 is 19.8 Å². The Hall–Kier alpha value is -2.34. The van der Waals surface area contributed by atoms with E-state index in [9.17, 15) is 4.79 Å². The van der Waals surface area contributed by atoms with Gasteiger partial charge in [-0.1, -0.05) is 0 Å². The molecule has 2 N–H and O–H groups in total. The summed E-state index contributed by atoms with van der Waals surface area (Å²) in [6.45, 7) is 1.11. The molecule has 20 heavy (non-hydrogen) atoms. The van der Waals surface area contributed by atoms with Crippen LogP contribution in [-0.2, 0) is 6.54 Å². The zero-order valence-electron chi connectivity index (χ0n) is 11.5. The monoisotopic (exact) mass is 275 g/mol.